The Kier molecular flexibility index (Phi) is 5.01. The van der Waals surface area contributed by atoms with Crippen molar-refractivity contribution in [1.29, 1.82) is 0 Å². The van der Waals surface area contributed by atoms with Gasteiger partial charge in [0.15, 0.2) is 11.5 Å². The molecule has 1 aromatic carbocycles. The number of benzene rings is 1. The first kappa shape index (κ1) is 14.4. The van der Waals surface area contributed by atoms with E-state index < -0.39 is 5.97 Å². The molecule has 2 rings (SSSR count). The zero-order chi connectivity index (χ0) is 14.4. The predicted molar refractivity (Wildman–Crippen MR) is 78.1 cm³/mol. The van der Waals surface area contributed by atoms with Crippen LogP contribution in [0.4, 0.5) is 0 Å². The summed E-state index contributed by atoms with van der Waals surface area (Å²) in [4.78, 5) is 12.4. The van der Waals surface area contributed by atoms with E-state index in [0.29, 0.717) is 24.7 Å². The topological polar surface area (TPSA) is 55.8 Å². The van der Waals surface area contributed by atoms with Crippen molar-refractivity contribution in [3.63, 3.8) is 0 Å². The van der Waals surface area contributed by atoms with Crippen molar-refractivity contribution >= 4 is 17.3 Å². The van der Waals surface area contributed by atoms with E-state index in [-0.39, 0.29) is 5.56 Å². The average Bonchev–Trinajstić information content (AvgIpc) is 2.93. The maximum atomic E-state index is 11.2. The van der Waals surface area contributed by atoms with E-state index in [1.54, 1.807) is 23.5 Å². The number of hydrogen-bond acceptors (Lipinski definition) is 4. The second-order valence-corrected chi connectivity index (χ2v) is 5.08. The molecule has 20 heavy (non-hydrogen) atoms. The summed E-state index contributed by atoms with van der Waals surface area (Å²) in [5.41, 5.74) is 0.127. The molecule has 0 aliphatic carbocycles. The molecule has 0 saturated carbocycles. The van der Waals surface area contributed by atoms with Crippen LogP contribution < -0.4 is 9.47 Å². The van der Waals surface area contributed by atoms with Crippen LogP contribution in [0.1, 0.15) is 22.2 Å². The zero-order valence-electron chi connectivity index (χ0n) is 11.2. The molecule has 0 radical (unpaired) electrons. The Morgan fingerprint density at radius 2 is 2.10 bits per heavy atom. The molecule has 0 aliphatic heterocycles. The fourth-order valence-corrected chi connectivity index (χ4v) is 2.50. The van der Waals surface area contributed by atoms with Gasteiger partial charge in [0, 0.05) is 11.3 Å². The summed E-state index contributed by atoms with van der Waals surface area (Å²) < 4.78 is 11.1. The van der Waals surface area contributed by atoms with Crippen LogP contribution in [0.5, 0.6) is 11.5 Å². The Bertz CT molecular complexity index is 563. The van der Waals surface area contributed by atoms with E-state index in [9.17, 15) is 9.90 Å². The van der Waals surface area contributed by atoms with Crippen LogP contribution in [0, 0.1) is 0 Å². The van der Waals surface area contributed by atoms with Gasteiger partial charge in [-0.15, -0.1) is 11.3 Å². The first-order valence-corrected chi connectivity index (χ1v) is 7.24. The van der Waals surface area contributed by atoms with Gasteiger partial charge < -0.3 is 14.6 Å². The van der Waals surface area contributed by atoms with E-state index in [1.807, 2.05) is 24.4 Å². The van der Waals surface area contributed by atoms with E-state index >= 15 is 0 Å². The number of carbonyl (C=O) groups is 1. The normalized spacial score (nSPS) is 10.2. The second kappa shape index (κ2) is 6.96. The highest BCUT2D eigenvalue weighted by atomic mass is 32.1. The summed E-state index contributed by atoms with van der Waals surface area (Å²) in [7, 11) is 0. The van der Waals surface area contributed by atoms with Gasteiger partial charge in [0.1, 0.15) is 5.56 Å². The lowest BCUT2D eigenvalue weighted by Crippen LogP contribution is -2.08. The molecule has 1 aromatic heterocycles. The standard InChI is InChI=1S/C15H16O4S/c1-2-18-13-7-3-6-12(15(16)17)14(13)19-9-8-11-5-4-10-20-11/h3-7,10H,2,8-9H2,1H3,(H,16,17). The van der Waals surface area contributed by atoms with Gasteiger partial charge in [-0.25, -0.2) is 4.79 Å². The van der Waals surface area contributed by atoms with E-state index in [2.05, 4.69) is 0 Å². The molecule has 1 N–H and O–H groups in total. The molecule has 2 aromatic rings. The number of hydrogen-bond donors (Lipinski definition) is 1. The number of aromatic carboxylic acids is 1. The average molecular weight is 292 g/mol. The van der Waals surface area contributed by atoms with Crippen molar-refractivity contribution < 1.29 is 19.4 Å². The largest absolute Gasteiger partial charge is 0.490 e. The van der Waals surface area contributed by atoms with Crippen LogP contribution in [0.3, 0.4) is 0 Å². The van der Waals surface area contributed by atoms with Crippen LogP contribution in [-0.2, 0) is 6.42 Å². The molecule has 1 heterocycles. The number of carboxylic acid groups (broad SMARTS) is 1. The highest BCUT2D eigenvalue weighted by molar-refractivity contribution is 7.09. The third-order valence-corrected chi connectivity index (χ3v) is 3.62. The molecular weight excluding hydrogens is 276 g/mol. The molecule has 0 fully saturated rings. The third-order valence-electron chi connectivity index (χ3n) is 2.68. The van der Waals surface area contributed by atoms with Crippen LogP contribution >= 0.6 is 11.3 Å². The van der Waals surface area contributed by atoms with Gasteiger partial charge >= 0.3 is 5.97 Å². The number of thiophene rings is 1. The smallest absolute Gasteiger partial charge is 0.339 e. The van der Waals surface area contributed by atoms with Crippen LogP contribution in [0.25, 0.3) is 0 Å². The molecule has 0 bridgehead atoms. The van der Waals surface area contributed by atoms with Crippen LogP contribution in [0.15, 0.2) is 35.7 Å². The van der Waals surface area contributed by atoms with Crippen LogP contribution in [-0.4, -0.2) is 24.3 Å². The zero-order valence-corrected chi connectivity index (χ0v) is 12.0. The summed E-state index contributed by atoms with van der Waals surface area (Å²) in [5.74, 6) is -0.241. The summed E-state index contributed by atoms with van der Waals surface area (Å²) in [5, 5.41) is 11.2. The molecule has 0 atom stereocenters. The minimum absolute atomic E-state index is 0.127. The summed E-state index contributed by atoms with van der Waals surface area (Å²) in [6.45, 7) is 2.73. The molecular formula is C15H16O4S. The van der Waals surface area contributed by atoms with E-state index in [0.717, 1.165) is 6.42 Å². The van der Waals surface area contributed by atoms with E-state index in [4.69, 9.17) is 9.47 Å². The van der Waals surface area contributed by atoms with Gasteiger partial charge in [-0.2, -0.15) is 0 Å². The molecule has 0 saturated heterocycles. The van der Waals surface area contributed by atoms with Gasteiger partial charge in [-0.1, -0.05) is 12.1 Å². The molecule has 0 spiro atoms. The Morgan fingerprint density at radius 1 is 1.25 bits per heavy atom. The SMILES string of the molecule is CCOc1cccc(C(=O)O)c1OCCc1cccs1. The molecule has 4 nitrogen and oxygen atoms in total. The van der Waals surface area contributed by atoms with Gasteiger partial charge in [0.25, 0.3) is 0 Å². The lowest BCUT2D eigenvalue weighted by molar-refractivity contribution is 0.0691. The monoisotopic (exact) mass is 292 g/mol. The second-order valence-electron chi connectivity index (χ2n) is 4.05. The van der Waals surface area contributed by atoms with Crippen molar-refractivity contribution in [2.24, 2.45) is 0 Å². The van der Waals surface area contributed by atoms with Crippen molar-refractivity contribution in [1.82, 2.24) is 0 Å². The molecule has 0 amide bonds. The molecule has 0 aliphatic rings. The van der Waals surface area contributed by atoms with E-state index in [1.165, 1.54) is 10.9 Å². The highest BCUT2D eigenvalue weighted by Crippen LogP contribution is 2.31. The Balaban J connectivity index is 2.12. The van der Waals surface area contributed by atoms with Gasteiger partial charge in [-0.3, -0.25) is 0 Å². The van der Waals surface area contributed by atoms with Crippen molar-refractivity contribution in [2.45, 2.75) is 13.3 Å². The minimum Gasteiger partial charge on any atom is -0.490 e. The maximum absolute atomic E-state index is 11.2. The number of rotatable bonds is 7. The highest BCUT2D eigenvalue weighted by Gasteiger charge is 2.16. The summed E-state index contributed by atoms with van der Waals surface area (Å²) in [6, 6.07) is 8.90. The first-order chi connectivity index (χ1) is 9.72. The van der Waals surface area contributed by atoms with Crippen LogP contribution in [0.2, 0.25) is 0 Å². The van der Waals surface area contributed by atoms with Gasteiger partial charge in [0.05, 0.1) is 13.2 Å². The predicted octanol–water partition coefficient (Wildman–Crippen LogP) is 3.47. The van der Waals surface area contributed by atoms with Crippen molar-refractivity contribution in [3.05, 3.63) is 46.2 Å². The molecule has 0 unspecified atom stereocenters. The van der Waals surface area contributed by atoms with Crippen molar-refractivity contribution in [2.75, 3.05) is 13.2 Å². The summed E-state index contributed by atoms with van der Waals surface area (Å²) >= 11 is 1.66. The molecule has 5 heteroatoms. The number of carboxylic acids is 1. The number of ether oxygens (including phenoxy) is 2. The third kappa shape index (κ3) is 3.51. The van der Waals surface area contributed by atoms with Gasteiger partial charge in [0.2, 0.25) is 0 Å². The maximum Gasteiger partial charge on any atom is 0.339 e. The Labute approximate surface area is 121 Å². The summed E-state index contributed by atoms with van der Waals surface area (Å²) in [6.07, 6.45) is 0.747. The molecule has 106 valence electrons. The lowest BCUT2D eigenvalue weighted by Gasteiger charge is -2.13. The quantitative estimate of drug-likeness (QED) is 0.849. The minimum atomic E-state index is -1.02. The lowest BCUT2D eigenvalue weighted by atomic mass is 10.2. The fourth-order valence-electron chi connectivity index (χ4n) is 1.81. The number of para-hydroxylation sites is 1. The fraction of sp³-hybridized carbons (Fsp3) is 0.267. The Hall–Kier alpha value is -2.01. The Morgan fingerprint density at radius 3 is 2.75 bits per heavy atom. The first-order valence-electron chi connectivity index (χ1n) is 6.36. The van der Waals surface area contributed by atoms with Crippen molar-refractivity contribution in [3.8, 4) is 11.5 Å². The van der Waals surface area contributed by atoms with Gasteiger partial charge in [-0.05, 0) is 30.5 Å².